The number of esters is 1. The molecule has 2 N–H and O–H groups in total. The van der Waals surface area contributed by atoms with E-state index in [0.29, 0.717) is 0 Å². The lowest BCUT2D eigenvalue weighted by molar-refractivity contribution is -0.398. The summed E-state index contributed by atoms with van der Waals surface area (Å²) in [6, 6.07) is 0.725. The first-order chi connectivity index (χ1) is 13.3. The van der Waals surface area contributed by atoms with Gasteiger partial charge in [0.25, 0.3) is 5.69 Å². The molecule has 0 bridgehead atoms. The van der Waals surface area contributed by atoms with E-state index in [2.05, 4.69) is 10.6 Å². The number of carbonyl (C=O) groups is 2. The number of hydrogen-bond donors (Lipinski definition) is 2. The number of nitro benzene ring substituents is 1. The molecule has 10 heteroatoms. The number of urea groups is 1. The van der Waals surface area contributed by atoms with Gasteiger partial charge in [0.05, 0.1) is 23.6 Å². The predicted octanol–water partition coefficient (Wildman–Crippen LogP) is 1.79. The van der Waals surface area contributed by atoms with Crippen LogP contribution in [0, 0.1) is 10.1 Å². The van der Waals surface area contributed by atoms with E-state index in [1.165, 1.54) is 13.2 Å². The highest BCUT2D eigenvalue weighted by molar-refractivity contribution is 5.95. The van der Waals surface area contributed by atoms with Crippen LogP contribution in [0.15, 0.2) is 23.4 Å². The van der Waals surface area contributed by atoms with Crippen molar-refractivity contribution in [2.24, 2.45) is 0 Å². The minimum atomic E-state index is -1.02. The fourth-order valence-electron chi connectivity index (χ4n) is 3.50. The Bertz CT molecular complexity index is 859. The van der Waals surface area contributed by atoms with Crippen molar-refractivity contribution in [3.8, 4) is 11.5 Å². The summed E-state index contributed by atoms with van der Waals surface area (Å²) in [4.78, 5) is 35.2. The Morgan fingerprint density at radius 1 is 1.29 bits per heavy atom. The Balaban J connectivity index is 2.03. The van der Waals surface area contributed by atoms with Gasteiger partial charge in [0.15, 0.2) is 0 Å². The number of rotatable bonds is 5. The van der Waals surface area contributed by atoms with Crippen molar-refractivity contribution >= 4 is 17.7 Å². The predicted molar refractivity (Wildman–Crippen MR) is 94.6 cm³/mol. The van der Waals surface area contributed by atoms with Gasteiger partial charge < -0.3 is 25.2 Å². The van der Waals surface area contributed by atoms with Crippen molar-refractivity contribution < 1.29 is 29.1 Å². The summed E-state index contributed by atoms with van der Waals surface area (Å²) in [5.74, 6) is -1.75. The van der Waals surface area contributed by atoms with Crippen LogP contribution < -0.4 is 20.5 Å². The van der Waals surface area contributed by atoms with Crippen LogP contribution in [0.5, 0.6) is 11.5 Å². The highest BCUT2D eigenvalue weighted by Gasteiger charge is 2.35. The molecule has 2 amide bonds. The molecule has 2 aliphatic rings. The molecular weight excluding hydrogens is 370 g/mol. The second-order valence-corrected chi connectivity index (χ2v) is 6.71. The van der Waals surface area contributed by atoms with Crippen LogP contribution in [-0.4, -0.2) is 30.1 Å². The molecule has 1 aliphatic heterocycles. The number of amides is 2. The molecule has 1 saturated carbocycles. The minimum absolute atomic E-state index is 0.126. The van der Waals surface area contributed by atoms with Crippen molar-refractivity contribution in [1.82, 2.24) is 10.6 Å². The summed E-state index contributed by atoms with van der Waals surface area (Å²) in [5.41, 5.74) is -0.120. The van der Waals surface area contributed by atoms with E-state index >= 15 is 0 Å². The molecular formula is C18H20N3O7-. The molecule has 1 aromatic rings. The molecule has 1 aromatic carbocycles. The van der Waals surface area contributed by atoms with Gasteiger partial charge in [-0.1, -0.05) is 0 Å². The van der Waals surface area contributed by atoms with E-state index in [-0.39, 0.29) is 28.7 Å². The van der Waals surface area contributed by atoms with Gasteiger partial charge in [-0.05, 0) is 44.2 Å². The van der Waals surface area contributed by atoms with Gasteiger partial charge in [-0.2, -0.15) is 0 Å². The van der Waals surface area contributed by atoms with Crippen LogP contribution in [0.2, 0.25) is 0 Å². The van der Waals surface area contributed by atoms with Crippen molar-refractivity contribution in [3.63, 3.8) is 0 Å². The van der Waals surface area contributed by atoms with Gasteiger partial charge in [0.1, 0.15) is 11.9 Å². The number of methoxy groups -OCH3 is 1. The van der Waals surface area contributed by atoms with Gasteiger partial charge in [0, 0.05) is 17.5 Å². The highest BCUT2D eigenvalue weighted by Crippen LogP contribution is 2.39. The standard InChI is InChI=1S/C18H21N3O7/c1-9-14(17(23)28-11-5-3-4-6-11)15(20-18(24)19-9)10-7-12(21(25)26)16(22)13(8-10)27-2/h7-8,11,15,22H,3-6H2,1-2H3,(H2,19,20,24)/p-1/t15-/m0/s1. The first kappa shape index (κ1) is 19.5. The molecule has 0 radical (unpaired) electrons. The SMILES string of the molecule is COc1cc([C@@H]2NC(=O)NC(C)=C2C(=O)OC2CCCC2)cc([N+](=O)[O-])c1[O-]. The summed E-state index contributed by atoms with van der Waals surface area (Å²) < 4.78 is 10.5. The Morgan fingerprint density at radius 3 is 2.57 bits per heavy atom. The van der Waals surface area contributed by atoms with Crippen molar-refractivity contribution in [3.05, 3.63) is 39.1 Å². The maximum Gasteiger partial charge on any atom is 0.338 e. The van der Waals surface area contributed by atoms with Crippen LogP contribution in [0.25, 0.3) is 0 Å². The molecule has 3 rings (SSSR count). The fourth-order valence-corrected chi connectivity index (χ4v) is 3.50. The minimum Gasteiger partial charge on any atom is -0.865 e. The molecule has 1 heterocycles. The van der Waals surface area contributed by atoms with Gasteiger partial charge >= 0.3 is 12.0 Å². The van der Waals surface area contributed by atoms with E-state index in [1.807, 2.05) is 0 Å². The Kier molecular flexibility index (Phi) is 5.39. The number of benzene rings is 1. The molecule has 1 atom stereocenters. The molecule has 1 fully saturated rings. The van der Waals surface area contributed by atoms with Gasteiger partial charge in [-0.25, -0.2) is 9.59 Å². The maximum atomic E-state index is 12.8. The zero-order chi connectivity index (χ0) is 20.4. The average molecular weight is 390 g/mol. The van der Waals surface area contributed by atoms with Crippen LogP contribution in [0.1, 0.15) is 44.2 Å². The van der Waals surface area contributed by atoms with Crippen molar-refractivity contribution in [2.45, 2.75) is 44.8 Å². The second kappa shape index (κ2) is 7.75. The smallest absolute Gasteiger partial charge is 0.338 e. The lowest BCUT2D eigenvalue weighted by atomic mass is 9.94. The Hall–Kier alpha value is -3.30. The number of hydrogen-bond acceptors (Lipinski definition) is 7. The lowest BCUT2D eigenvalue weighted by Gasteiger charge is -2.29. The van der Waals surface area contributed by atoms with E-state index in [4.69, 9.17) is 9.47 Å². The number of nitrogens with one attached hydrogen (secondary N) is 2. The maximum absolute atomic E-state index is 12.8. The van der Waals surface area contributed by atoms with Gasteiger partial charge in [0.2, 0.25) is 0 Å². The summed E-state index contributed by atoms with van der Waals surface area (Å²) in [6.07, 6.45) is 3.30. The summed E-state index contributed by atoms with van der Waals surface area (Å²) in [6.45, 7) is 1.55. The molecule has 0 saturated heterocycles. The number of ether oxygens (including phenoxy) is 2. The first-order valence-corrected chi connectivity index (χ1v) is 8.84. The third-order valence-corrected chi connectivity index (χ3v) is 4.87. The summed E-state index contributed by atoms with van der Waals surface area (Å²) in [7, 11) is 1.21. The van der Waals surface area contributed by atoms with Crippen molar-refractivity contribution in [2.75, 3.05) is 7.11 Å². The Labute approximate surface area is 160 Å². The molecule has 1 aliphatic carbocycles. The van der Waals surface area contributed by atoms with Crippen LogP contribution in [-0.2, 0) is 9.53 Å². The van der Waals surface area contributed by atoms with Crippen LogP contribution in [0.4, 0.5) is 10.5 Å². The molecule has 150 valence electrons. The van der Waals surface area contributed by atoms with E-state index in [0.717, 1.165) is 31.7 Å². The summed E-state index contributed by atoms with van der Waals surface area (Å²) >= 11 is 0. The second-order valence-electron chi connectivity index (χ2n) is 6.71. The molecule has 0 aromatic heterocycles. The zero-order valence-electron chi connectivity index (χ0n) is 15.4. The van der Waals surface area contributed by atoms with Gasteiger partial charge in [-0.15, -0.1) is 0 Å². The number of nitrogens with zero attached hydrogens (tertiary/aromatic N) is 1. The third-order valence-electron chi connectivity index (χ3n) is 4.87. The van der Waals surface area contributed by atoms with Gasteiger partial charge in [-0.3, -0.25) is 10.1 Å². The monoisotopic (exact) mass is 390 g/mol. The highest BCUT2D eigenvalue weighted by atomic mass is 16.6. The van der Waals surface area contributed by atoms with Crippen LogP contribution in [0.3, 0.4) is 0 Å². The van der Waals surface area contributed by atoms with E-state index in [1.54, 1.807) is 6.92 Å². The molecule has 0 unspecified atom stereocenters. The number of allylic oxidation sites excluding steroid dienone is 1. The van der Waals surface area contributed by atoms with E-state index in [9.17, 15) is 24.8 Å². The van der Waals surface area contributed by atoms with Crippen molar-refractivity contribution in [1.29, 1.82) is 0 Å². The first-order valence-electron chi connectivity index (χ1n) is 8.84. The number of nitro groups is 1. The molecule has 28 heavy (non-hydrogen) atoms. The average Bonchev–Trinajstić information content (AvgIpc) is 3.13. The number of carbonyl (C=O) groups excluding carboxylic acids is 2. The normalized spacial score (nSPS) is 19.8. The van der Waals surface area contributed by atoms with E-state index < -0.39 is 34.4 Å². The quantitative estimate of drug-likeness (QED) is 0.443. The molecule has 10 nitrogen and oxygen atoms in total. The Morgan fingerprint density at radius 2 is 1.96 bits per heavy atom. The zero-order valence-corrected chi connectivity index (χ0v) is 15.4. The van der Waals surface area contributed by atoms with Crippen LogP contribution >= 0.6 is 0 Å². The topological polar surface area (TPSA) is 143 Å². The summed E-state index contributed by atoms with van der Waals surface area (Å²) in [5, 5.41) is 28.4. The lowest BCUT2D eigenvalue weighted by Crippen LogP contribution is -2.45. The fraction of sp³-hybridized carbons (Fsp3) is 0.444. The third kappa shape index (κ3) is 3.71. The molecule has 0 spiro atoms. The largest absolute Gasteiger partial charge is 0.865 e.